The summed E-state index contributed by atoms with van der Waals surface area (Å²) < 4.78 is 5.72. The van der Waals surface area contributed by atoms with E-state index in [1.165, 1.54) is 11.3 Å². The molecule has 1 aliphatic carbocycles. The summed E-state index contributed by atoms with van der Waals surface area (Å²) in [5, 5.41) is 0. The van der Waals surface area contributed by atoms with Crippen LogP contribution in [0.1, 0.15) is 43.3 Å². The van der Waals surface area contributed by atoms with Gasteiger partial charge in [-0.05, 0) is 12.5 Å². The monoisotopic (exact) mass is 162 g/mol. The van der Waals surface area contributed by atoms with Crippen molar-refractivity contribution in [3.63, 3.8) is 0 Å². The van der Waals surface area contributed by atoms with Gasteiger partial charge in [-0.3, -0.25) is 0 Å². The van der Waals surface area contributed by atoms with E-state index >= 15 is 0 Å². The highest BCUT2D eigenvalue weighted by Gasteiger charge is 2.12. The number of fused-ring (bicyclic) bond motifs is 1. The average molecular weight is 162 g/mol. The highest BCUT2D eigenvalue weighted by Crippen LogP contribution is 2.26. The minimum absolute atomic E-state index is 0.504. The van der Waals surface area contributed by atoms with Gasteiger partial charge in [0, 0.05) is 17.9 Å². The first kappa shape index (κ1) is 7.66. The van der Waals surface area contributed by atoms with E-state index in [9.17, 15) is 0 Å². The van der Waals surface area contributed by atoms with Crippen molar-refractivity contribution in [1.29, 1.82) is 0 Å². The smallest absolute Gasteiger partial charge is 0.111 e. The molecule has 1 nitrogen and oxygen atoms in total. The second-order valence-corrected chi connectivity index (χ2v) is 3.62. The Kier molecular flexibility index (Phi) is 1.80. The summed E-state index contributed by atoms with van der Waals surface area (Å²) in [4.78, 5) is 0. The SMILES string of the molecule is CC(C)c1cc2c(o1)CCC=C2. The van der Waals surface area contributed by atoms with Crippen molar-refractivity contribution in [2.45, 2.75) is 32.6 Å². The van der Waals surface area contributed by atoms with Crippen molar-refractivity contribution < 1.29 is 4.42 Å². The molecule has 12 heavy (non-hydrogen) atoms. The molecule has 64 valence electrons. The molecule has 0 spiro atoms. The number of hydrogen-bond donors (Lipinski definition) is 0. The molecule has 1 heterocycles. The van der Waals surface area contributed by atoms with Crippen LogP contribution in [0, 0.1) is 0 Å². The van der Waals surface area contributed by atoms with Gasteiger partial charge in [-0.1, -0.05) is 26.0 Å². The quantitative estimate of drug-likeness (QED) is 0.617. The minimum Gasteiger partial charge on any atom is -0.465 e. The fourth-order valence-electron chi connectivity index (χ4n) is 1.51. The number of hydrogen-bond acceptors (Lipinski definition) is 1. The molecule has 0 N–H and O–H groups in total. The summed E-state index contributed by atoms with van der Waals surface area (Å²) in [6, 6.07) is 2.16. The van der Waals surface area contributed by atoms with Gasteiger partial charge in [-0.25, -0.2) is 0 Å². The van der Waals surface area contributed by atoms with Crippen LogP contribution >= 0.6 is 0 Å². The summed E-state index contributed by atoms with van der Waals surface area (Å²) in [5.74, 6) is 2.79. The summed E-state index contributed by atoms with van der Waals surface area (Å²) in [6.45, 7) is 4.32. The third-order valence-electron chi connectivity index (χ3n) is 2.27. The van der Waals surface area contributed by atoms with Crippen LogP contribution in [-0.2, 0) is 6.42 Å². The summed E-state index contributed by atoms with van der Waals surface area (Å²) >= 11 is 0. The third-order valence-corrected chi connectivity index (χ3v) is 2.27. The first-order valence-corrected chi connectivity index (χ1v) is 4.56. The molecule has 0 amide bonds. The summed E-state index contributed by atoms with van der Waals surface area (Å²) in [6.07, 6.45) is 6.56. The fourth-order valence-corrected chi connectivity index (χ4v) is 1.51. The predicted molar refractivity (Wildman–Crippen MR) is 50.2 cm³/mol. The standard InChI is InChI=1S/C11H14O/c1-8(2)11-7-9-5-3-4-6-10(9)12-11/h3,5,7-8H,4,6H2,1-2H3. The lowest BCUT2D eigenvalue weighted by molar-refractivity contribution is 0.446. The highest BCUT2D eigenvalue weighted by atomic mass is 16.3. The summed E-state index contributed by atoms with van der Waals surface area (Å²) in [5.41, 5.74) is 1.28. The average Bonchev–Trinajstić information content (AvgIpc) is 2.46. The molecule has 2 rings (SSSR count). The highest BCUT2D eigenvalue weighted by molar-refractivity contribution is 5.54. The van der Waals surface area contributed by atoms with Crippen LogP contribution in [0.3, 0.4) is 0 Å². The molecule has 0 saturated carbocycles. The first-order chi connectivity index (χ1) is 5.77. The second kappa shape index (κ2) is 2.81. The van der Waals surface area contributed by atoms with Crippen LogP contribution in [0.2, 0.25) is 0 Å². The van der Waals surface area contributed by atoms with Gasteiger partial charge in [0.1, 0.15) is 11.5 Å². The van der Waals surface area contributed by atoms with Gasteiger partial charge < -0.3 is 4.42 Å². The van der Waals surface area contributed by atoms with Gasteiger partial charge in [-0.2, -0.15) is 0 Å². The van der Waals surface area contributed by atoms with E-state index < -0.39 is 0 Å². The van der Waals surface area contributed by atoms with Gasteiger partial charge >= 0.3 is 0 Å². The zero-order valence-corrected chi connectivity index (χ0v) is 7.63. The van der Waals surface area contributed by atoms with Gasteiger partial charge in [0.2, 0.25) is 0 Å². The largest absolute Gasteiger partial charge is 0.465 e. The van der Waals surface area contributed by atoms with E-state index in [0.29, 0.717) is 5.92 Å². The molecule has 1 heteroatoms. The second-order valence-electron chi connectivity index (χ2n) is 3.62. The minimum atomic E-state index is 0.504. The number of allylic oxidation sites excluding steroid dienone is 1. The van der Waals surface area contributed by atoms with Crippen LogP contribution < -0.4 is 0 Å². The first-order valence-electron chi connectivity index (χ1n) is 4.56. The van der Waals surface area contributed by atoms with Gasteiger partial charge in [0.05, 0.1) is 0 Å². The molecule has 0 unspecified atom stereocenters. The molecular formula is C11H14O. The molecule has 0 aromatic carbocycles. The van der Waals surface area contributed by atoms with Gasteiger partial charge in [0.15, 0.2) is 0 Å². The molecule has 0 bridgehead atoms. The zero-order chi connectivity index (χ0) is 8.55. The molecule has 0 radical (unpaired) electrons. The van der Waals surface area contributed by atoms with Crippen molar-refractivity contribution >= 4 is 6.08 Å². The third kappa shape index (κ3) is 1.20. The van der Waals surface area contributed by atoms with Crippen molar-refractivity contribution in [3.05, 3.63) is 29.2 Å². The Hall–Kier alpha value is -0.980. The lowest BCUT2D eigenvalue weighted by Crippen LogP contribution is -1.87. The maximum Gasteiger partial charge on any atom is 0.111 e. The maximum atomic E-state index is 5.72. The van der Waals surface area contributed by atoms with Crippen molar-refractivity contribution in [3.8, 4) is 0 Å². The number of aryl methyl sites for hydroxylation is 1. The lowest BCUT2D eigenvalue weighted by atomic mass is 10.1. The molecule has 1 aromatic heterocycles. The Bertz CT molecular complexity index is 305. The van der Waals surface area contributed by atoms with Crippen molar-refractivity contribution in [2.24, 2.45) is 0 Å². The zero-order valence-electron chi connectivity index (χ0n) is 7.63. The number of rotatable bonds is 1. The molecule has 1 aliphatic rings. The molecule has 0 atom stereocenters. The molecule has 0 fully saturated rings. The van der Waals surface area contributed by atoms with Crippen LogP contribution in [0.15, 0.2) is 16.6 Å². The van der Waals surface area contributed by atoms with Crippen LogP contribution in [0.25, 0.3) is 6.08 Å². The fraction of sp³-hybridized carbons (Fsp3) is 0.455. The van der Waals surface area contributed by atoms with Crippen molar-refractivity contribution in [1.82, 2.24) is 0 Å². The van der Waals surface area contributed by atoms with E-state index in [1.54, 1.807) is 0 Å². The Balaban J connectivity index is 2.39. The Morgan fingerprint density at radius 3 is 2.92 bits per heavy atom. The summed E-state index contributed by atoms with van der Waals surface area (Å²) in [7, 11) is 0. The van der Waals surface area contributed by atoms with E-state index in [-0.39, 0.29) is 0 Å². The maximum absolute atomic E-state index is 5.72. The van der Waals surface area contributed by atoms with E-state index in [4.69, 9.17) is 4.42 Å². The Morgan fingerprint density at radius 1 is 1.42 bits per heavy atom. The topological polar surface area (TPSA) is 13.1 Å². The van der Waals surface area contributed by atoms with Crippen LogP contribution in [0.4, 0.5) is 0 Å². The molecule has 0 aliphatic heterocycles. The predicted octanol–water partition coefficient (Wildman–Crippen LogP) is 3.36. The van der Waals surface area contributed by atoms with Crippen molar-refractivity contribution in [2.75, 3.05) is 0 Å². The van der Waals surface area contributed by atoms with Crippen LogP contribution in [-0.4, -0.2) is 0 Å². The number of furan rings is 1. The molecular weight excluding hydrogens is 148 g/mol. The molecule has 1 aromatic rings. The lowest BCUT2D eigenvalue weighted by Gasteiger charge is -2.01. The van der Waals surface area contributed by atoms with Gasteiger partial charge in [0.25, 0.3) is 0 Å². The Labute approximate surface area is 73.1 Å². The van der Waals surface area contributed by atoms with E-state index in [0.717, 1.165) is 18.6 Å². The Morgan fingerprint density at radius 2 is 2.25 bits per heavy atom. The van der Waals surface area contributed by atoms with Crippen LogP contribution in [0.5, 0.6) is 0 Å². The van der Waals surface area contributed by atoms with E-state index in [1.807, 2.05) is 0 Å². The van der Waals surface area contributed by atoms with E-state index in [2.05, 4.69) is 32.1 Å². The van der Waals surface area contributed by atoms with Gasteiger partial charge in [-0.15, -0.1) is 0 Å². The molecule has 0 saturated heterocycles. The normalized spacial score (nSPS) is 15.2.